The van der Waals surface area contributed by atoms with E-state index < -0.39 is 7.82 Å². The molecule has 0 fully saturated rings. The van der Waals surface area contributed by atoms with Gasteiger partial charge in [0.2, 0.25) is 0 Å². The highest BCUT2D eigenvalue weighted by atomic mass is 31.2. The minimum Gasteiger partial charge on any atom is -0.386 e. The zero-order valence-electron chi connectivity index (χ0n) is 33.2. The maximum Gasteiger partial charge on any atom is 0.647 e. The Labute approximate surface area is 316 Å². The summed E-state index contributed by atoms with van der Waals surface area (Å²) in [4.78, 5) is 0. The van der Waals surface area contributed by atoms with Crippen molar-refractivity contribution in [2.45, 2.75) is 83.1 Å². The third-order valence-electron chi connectivity index (χ3n) is 11.1. The summed E-state index contributed by atoms with van der Waals surface area (Å²) in [5.74, 6) is 1.34. The van der Waals surface area contributed by atoms with Gasteiger partial charge in [0.15, 0.2) is 0 Å². The van der Waals surface area contributed by atoms with Gasteiger partial charge in [0.25, 0.3) is 0 Å². The van der Waals surface area contributed by atoms with Gasteiger partial charge in [-0.25, -0.2) is 0 Å². The molecule has 0 aliphatic heterocycles. The van der Waals surface area contributed by atoms with Crippen LogP contribution in [-0.2, 0) is 4.57 Å². The number of rotatable bonds is 9. The summed E-state index contributed by atoms with van der Waals surface area (Å²) >= 11 is 0. The van der Waals surface area contributed by atoms with Gasteiger partial charge in [-0.15, -0.1) is 0 Å². The van der Waals surface area contributed by atoms with E-state index in [0.717, 1.165) is 50.1 Å². The molecule has 272 valence electrons. The molecule has 0 bridgehead atoms. The molecular formula is C48H51O4P. The van der Waals surface area contributed by atoms with E-state index >= 15 is 4.57 Å². The first-order chi connectivity index (χ1) is 25.1. The van der Waals surface area contributed by atoms with Crippen molar-refractivity contribution in [1.82, 2.24) is 0 Å². The standard InChI is InChI=1S/C48H51O4P/c1-28-16-13-17-29(2)46(28)40-22-25-43(37(10)34(40)7)50-53(49,51-44-26-23-41(35(8)38(44)11)47-30(3)18-14-19-31(47)4)52-45-27-24-42(36(9)39(45)12)48-32(5)20-15-21-33(48)6/h13-27H,1-12H3. The summed E-state index contributed by atoms with van der Waals surface area (Å²) in [6.45, 7) is 25.0. The minimum absolute atomic E-state index is 0.448. The first-order valence-electron chi connectivity index (χ1n) is 18.3. The van der Waals surface area contributed by atoms with Crippen LogP contribution in [0.4, 0.5) is 0 Å². The molecule has 6 aromatic rings. The Kier molecular flexibility index (Phi) is 10.5. The highest BCUT2D eigenvalue weighted by Crippen LogP contribution is 2.53. The van der Waals surface area contributed by atoms with E-state index in [-0.39, 0.29) is 0 Å². The molecule has 0 spiro atoms. The highest BCUT2D eigenvalue weighted by molar-refractivity contribution is 7.49. The molecule has 0 radical (unpaired) electrons. The van der Waals surface area contributed by atoms with E-state index in [1.54, 1.807) is 0 Å². The summed E-state index contributed by atoms with van der Waals surface area (Å²) < 4.78 is 34.7. The van der Waals surface area contributed by atoms with Gasteiger partial charge in [0.1, 0.15) is 17.2 Å². The lowest BCUT2D eigenvalue weighted by atomic mass is 9.90. The average molecular weight is 723 g/mol. The van der Waals surface area contributed by atoms with Crippen LogP contribution in [0.25, 0.3) is 33.4 Å². The summed E-state index contributed by atoms with van der Waals surface area (Å²) in [6.07, 6.45) is 0. The molecular weight excluding hydrogens is 671 g/mol. The SMILES string of the molecule is Cc1cccc(C)c1-c1ccc(OP(=O)(Oc2ccc(-c3c(C)cccc3C)c(C)c2C)Oc2ccc(-c3c(C)cccc3C)c(C)c2C)c(C)c1C. The van der Waals surface area contributed by atoms with Crippen molar-refractivity contribution >= 4 is 7.82 Å². The molecule has 0 atom stereocenters. The van der Waals surface area contributed by atoms with E-state index in [0.29, 0.717) is 17.2 Å². The zero-order valence-corrected chi connectivity index (χ0v) is 34.1. The Morgan fingerprint density at radius 2 is 0.547 bits per heavy atom. The summed E-state index contributed by atoms with van der Waals surface area (Å²) in [7, 11) is -4.34. The second-order valence-electron chi connectivity index (χ2n) is 14.6. The van der Waals surface area contributed by atoms with Gasteiger partial charge in [0.05, 0.1) is 0 Å². The maximum absolute atomic E-state index is 15.2. The van der Waals surface area contributed by atoms with Crippen LogP contribution in [0.2, 0.25) is 0 Å². The fraction of sp³-hybridized carbons (Fsp3) is 0.250. The summed E-state index contributed by atoms with van der Waals surface area (Å²) in [6, 6.07) is 30.8. The predicted octanol–water partition coefficient (Wildman–Crippen LogP) is 14.0. The molecule has 0 heterocycles. The minimum atomic E-state index is -4.34. The first kappa shape index (κ1) is 37.7. The fourth-order valence-corrected chi connectivity index (χ4v) is 9.06. The van der Waals surface area contributed by atoms with E-state index in [4.69, 9.17) is 13.6 Å². The molecule has 4 nitrogen and oxygen atoms in total. The number of phosphoric ester groups is 1. The molecule has 0 unspecified atom stereocenters. The topological polar surface area (TPSA) is 44.8 Å². The van der Waals surface area contributed by atoms with Gasteiger partial charge in [-0.05, 0) is 201 Å². The van der Waals surface area contributed by atoms with Gasteiger partial charge in [0, 0.05) is 0 Å². The van der Waals surface area contributed by atoms with Crippen LogP contribution in [0.15, 0.2) is 91.0 Å². The molecule has 0 aliphatic rings. The van der Waals surface area contributed by atoms with Crippen LogP contribution in [0.5, 0.6) is 17.2 Å². The van der Waals surface area contributed by atoms with Crippen LogP contribution in [0.3, 0.4) is 0 Å². The quantitative estimate of drug-likeness (QED) is 0.139. The smallest absolute Gasteiger partial charge is 0.386 e. The van der Waals surface area contributed by atoms with Gasteiger partial charge in [-0.3, -0.25) is 0 Å². The average Bonchev–Trinajstić information content (AvgIpc) is 3.10. The lowest BCUT2D eigenvalue weighted by molar-refractivity contribution is 0.296. The van der Waals surface area contributed by atoms with E-state index in [1.165, 1.54) is 50.1 Å². The zero-order chi connectivity index (χ0) is 38.4. The van der Waals surface area contributed by atoms with Gasteiger partial charge in [-0.2, -0.15) is 4.57 Å². The van der Waals surface area contributed by atoms with Crippen LogP contribution in [0.1, 0.15) is 66.8 Å². The Bertz CT molecular complexity index is 2110. The van der Waals surface area contributed by atoms with E-state index in [9.17, 15) is 0 Å². The van der Waals surface area contributed by atoms with Gasteiger partial charge < -0.3 is 13.6 Å². The number of benzene rings is 6. The molecule has 0 saturated carbocycles. The lowest BCUT2D eigenvalue weighted by Gasteiger charge is -2.25. The highest BCUT2D eigenvalue weighted by Gasteiger charge is 2.36. The van der Waals surface area contributed by atoms with Crippen molar-refractivity contribution in [3.05, 3.63) is 158 Å². The number of phosphoric acid groups is 1. The van der Waals surface area contributed by atoms with Crippen molar-refractivity contribution in [2.24, 2.45) is 0 Å². The molecule has 5 heteroatoms. The molecule has 6 rings (SSSR count). The number of hydrogen-bond donors (Lipinski definition) is 0. The first-order valence-corrected chi connectivity index (χ1v) is 19.8. The van der Waals surface area contributed by atoms with Crippen LogP contribution in [-0.4, -0.2) is 0 Å². The molecule has 0 N–H and O–H groups in total. The van der Waals surface area contributed by atoms with Crippen molar-refractivity contribution in [2.75, 3.05) is 0 Å². The molecule has 0 amide bonds. The van der Waals surface area contributed by atoms with Crippen molar-refractivity contribution in [3.8, 4) is 50.6 Å². The summed E-state index contributed by atoms with van der Waals surface area (Å²) in [5.41, 5.74) is 19.9. The fourth-order valence-electron chi connectivity index (χ4n) is 7.63. The Hall–Kier alpha value is -5.05. The number of hydrogen-bond acceptors (Lipinski definition) is 4. The normalized spacial score (nSPS) is 11.5. The maximum atomic E-state index is 15.2. The van der Waals surface area contributed by atoms with E-state index in [1.807, 2.05) is 57.2 Å². The van der Waals surface area contributed by atoms with Crippen LogP contribution < -0.4 is 13.6 Å². The second kappa shape index (κ2) is 14.8. The molecule has 0 aromatic heterocycles. The molecule has 53 heavy (non-hydrogen) atoms. The van der Waals surface area contributed by atoms with Crippen molar-refractivity contribution in [3.63, 3.8) is 0 Å². The van der Waals surface area contributed by atoms with Gasteiger partial charge in [-0.1, -0.05) is 72.8 Å². The molecule has 0 aliphatic carbocycles. The largest absolute Gasteiger partial charge is 0.647 e. The van der Waals surface area contributed by atoms with Crippen molar-refractivity contribution < 1.29 is 18.1 Å². The lowest BCUT2D eigenvalue weighted by Crippen LogP contribution is -2.11. The predicted molar refractivity (Wildman–Crippen MR) is 222 cm³/mol. The third kappa shape index (κ3) is 7.18. The number of aryl methyl sites for hydroxylation is 6. The Morgan fingerprint density at radius 3 is 0.774 bits per heavy atom. The Balaban J connectivity index is 1.45. The van der Waals surface area contributed by atoms with E-state index in [2.05, 4.69) is 117 Å². The molecule has 6 aromatic carbocycles. The van der Waals surface area contributed by atoms with Gasteiger partial charge >= 0.3 is 7.82 Å². The second-order valence-corrected chi connectivity index (χ2v) is 16.0. The summed E-state index contributed by atoms with van der Waals surface area (Å²) in [5, 5.41) is 0. The molecule has 0 saturated heterocycles. The Morgan fingerprint density at radius 1 is 0.321 bits per heavy atom. The third-order valence-corrected chi connectivity index (χ3v) is 12.4. The monoisotopic (exact) mass is 722 g/mol. The van der Waals surface area contributed by atoms with Crippen molar-refractivity contribution in [1.29, 1.82) is 0 Å². The van der Waals surface area contributed by atoms with Crippen LogP contribution in [0, 0.1) is 83.1 Å². The van der Waals surface area contributed by atoms with Crippen LogP contribution >= 0.6 is 7.82 Å².